The number of benzene rings is 1. The van der Waals surface area contributed by atoms with Crippen LogP contribution in [-0.2, 0) is 0 Å². The van der Waals surface area contributed by atoms with Gasteiger partial charge < -0.3 is 20.1 Å². The maximum Gasteiger partial charge on any atom is 0.321 e. The minimum Gasteiger partial charge on any atom is -0.359 e. The van der Waals surface area contributed by atoms with Gasteiger partial charge in [0.25, 0.3) is 0 Å². The normalized spacial score (nSPS) is 21.3. The van der Waals surface area contributed by atoms with Gasteiger partial charge in [-0.3, -0.25) is 0 Å². The Morgan fingerprint density at radius 1 is 1.17 bits per heavy atom. The fourth-order valence-corrected chi connectivity index (χ4v) is 4.27. The van der Waals surface area contributed by atoms with Crippen LogP contribution in [0.15, 0.2) is 30.5 Å². The molecule has 2 amide bonds. The first kappa shape index (κ1) is 15.5. The Morgan fingerprint density at radius 3 is 2.83 bits per heavy atom. The molecule has 2 N–H and O–H groups in total. The van der Waals surface area contributed by atoms with E-state index in [1.807, 2.05) is 29.3 Å². The zero-order valence-corrected chi connectivity index (χ0v) is 14.3. The molecule has 2 fully saturated rings. The molecular formula is C19H26N4O. The number of fused-ring (bicyclic) bond motifs is 1. The molecular weight excluding hydrogens is 300 g/mol. The lowest BCUT2D eigenvalue weighted by Gasteiger charge is -2.47. The summed E-state index contributed by atoms with van der Waals surface area (Å²) < 4.78 is 0. The molecule has 2 aliphatic heterocycles. The SMILES string of the molecule is CN1CCC2(CCCN(C(=O)Nc3cccc4cc[nH]c34)C2)CC1. The summed E-state index contributed by atoms with van der Waals surface area (Å²) in [5.41, 5.74) is 2.20. The number of aromatic amines is 1. The molecule has 0 unspecified atom stereocenters. The number of rotatable bonds is 1. The minimum absolute atomic E-state index is 0.0371. The van der Waals surface area contributed by atoms with Crippen LogP contribution in [-0.4, -0.2) is 54.0 Å². The van der Waals surface area contributed by atoms with Gasteiger partial charge in [0.2, 0.25) is 0 Å². The van der Waals surface area contributed by atoms with E-state index in [0.29, 0.717) is 5.41 Å². The zero-order chi connectivity index (χ0) is 16.6. The molecule has 1 aromatic heterocycles. The van der Waals surface area contributed by atoms with Crippen LogP contribution in [0, 0.1) is 5.41 Å². The predicted octanol–water partition coefficient (Wildman–Crippen LogP) is 3.51. The van der Waals surface area contributed by atoms with Crippen LogP contribution in [0.1, 0.15) is 25.7 Å². The lowest BCUT2D eigenvalue weighted by atomic mass is 9.72. The van der Waals surface area contributed by atoms with E-state index >= 15 is 0 Å². The fraction of sp³-hybridized carbons (Fsp3) is 0.526. The standard InChI is InChI=1S/C19H26N4O/c1-22-12-8-19(9-13-22)7-3-11-23(14-19)18(24)21-16-5-2-4-15-6-10-20-17(15)16/h2,4-6,10,20H,3,7-9,11-14H2,1H3,(H,21,24). The molecule has 2 aromatic rings. The first-order valence-electron chi connectivity index (χ1n) is 8.96. The number of anilines is 1. The van der Waals surface area contributed by atoms with Crippen molar-refractivity contribution in [2.45, 2.75) is 25.7 Å². The second-order valence-corrected chi connectivity index (χ2v) is 7.51. The highest BCUT2D eigenvalue weighted by atomic mass is 16.2. The summed E-state index contributed by atoms with van der Waals surface area (Å²) in [6, 6.07) is 8.07. The largest absolute Gasteiger partial charge is 0.359 e. The molecule has 0 aliphatic carbocycles. The van der Waals surface area contributed by atoms with E-state index in [-0.39, 0.29) is 6.03 Å². The fourth-order valence-electron chi connectivity index (χ4n) is 4.27. The smallest absolute Gasteiger partial charge is 0.321 e. The summed E-state index contributed by atoms with van der Waals surface area (Å²) in [5.74, 6) is 0. The molecule has 3 heterocycles. The first-order chi connectivity index (χ1) is 11.7. The number of likely N-dealkylation sites (tertiary alicyclic amines) is 2. The molecule has 4 rings (SSSR count). The monoisotopic (exact) mass is 326 g/mol. The number of carbonyl (C=O) groups is 1. The van der Waals surface area contributed by atoms with Gasteiger partial charge in [0.15, 0.2) is 0 Å². The van der Waals surface area contributed by atoms with Crippen molar-refractivity contribution < 1.29 is 4.79 Å². The van der Waals surface area contributed by atoms with Gasteiger partial charge in [-0.25, -0.2) is 4.79 Å². The molecule has 2 saturated heterocycles. The van der Waals surface area contributed by atoms with Crippen molar-refractivity contribution >= 4 is 22.6 Å². The number of nitrogens with zero attached hydrogens (tertiary/aromatic N) is 2. The topological polar surface area (TPSA) is 51.4 Å². The Labute approximate surface area is 143 Å². The van der Waals surface area contributed by atoms with Gasteiger partial charge in [-0.1, -0.05) is 12.1 Å². The molecule has 1 spiro atoms. The zero-order valence-electron chi connectivity index (χ0n) is 14.3. The molecule has 1 aromatic carbocycles. The van der Waals surface area contributed by atoms with E-state index in [2.05, 4.69) is 28.3 Å². The Kier molecular flexibility index (Phi) is 3.96. The Hall–Kier alpha value is -2.01. The number of hydrogen-bond donors (Lipinski definition) is 2. The molecule has 5 heteroatoms. The average molecular weight is 326 g/mol. The van der Waals surface area contributed by atoms with Crippen LogP contribution in [0.2, 0.25) is 0 Å². The molecule has 0 radical (unpaired) electrons. The van der Waals surface area contributed by atoms with Crippen molar-refractivity contribution in [3.63, 3.8) is 0 Å². The van der Waals surface area contributed by atoms with Crippen LogP contribution in [0.4, 0.5) is 10.5 Å². The molecule has 5 nitrogen and oxygen atoms in total. The van der Waals surface area contributed by atoms with E-state index in [1.165, 1.54) is 19.3 Å². The van der Waals surface area contributed by atoms with Crippen molar-refractivity contribution in [1.29, 1.82) is 0 Å². The number of para-hydroxylation sites is 1. The Bertz CT molecular complexity index is 730. The van der Waals surface area contributed by atoms with Crippen molar-refractivity contribution in [1.82, 2.24) is 14.8 Å². The second kappa shape index (κ2) is 6.13. The summed E-state index contributed by atoms with van der Waals surface area (Å²) >= 11 is 0. The summed E-state index contributed by atoms with van der Waals surface area (Å²) in [4.78, 5) is 20.5. The van der Waals surface area contributed by atoms with Crippen LogP contribution in [0.5, 0.6) is 0 Å². The van der Waals surface area contributed by atoms with Crippen LogP contribution in [0.25, 0.3) is 10.9 Å². The van der Waals surface area contributed by atoms with E-state index in [0.717, 1.165) is 49.2 Å². The predicted molar refractivity (Wildman–Crippen MR) is 97.3 cm³/mol. The van der Waals surface area contributed by atoms with Gasteiger partial charge in [-0.2, -0.15) is 0 Å². The third-order valence-corrected chi connectivity index (χ3v) is 5.83. The number of H-pyrrole nitrogens is 1. The van der Waals surface area contributed by atoms with Crippen molar-refractivity contribution in [3.8, 4) is 0 Å². The van der Waals surface area contributed by atoms with Gasteiger partial charge in [0.05, 0.1) is 11.2 Å². The molecule has 0 saturated carbocycles. The van der Waals surface area contributed by atoms with Gasteiger partial charge in [0, 0.05) is 24.7 Å². The maximum absolute atomic E-state index is 12.8. The van der Waals surface area contributed by atoms with Crippen molar-refractivity contribution in [2.75, 3.05) is 38.5 Å². The van der Waals surface area contributed by atoms with E-state index < -0.39 is 0 Å². The molecule has 2 aliphatic rings. The molecule has 0 bridgehead atoms. The van der Waals surface area contributed by atoms with E-state index in [9.17, 15) is 4.79 Å². The number of piperidine rings is 2. The minimum atomic E-state index is 0.0371. The van der Waals surface area contributed by atoms with Crippen LogP contribution in [0.3, 0.4) is 0 Å². The maximum atomic E-state index is 12.8. The van der Waals surface area contributed by atoms with Gasteiger partial charge >= 0.3 is 6.03 Å². The average Bonchev–Trinajstić information content (AvgIpc) is 3.08. The van der Waals surface area contributed by atoms with Gasteiger partial charge in [0.1, 0.15) is 0 Å². The number of hydrogen-bond acceptors (Lipinski definition) is 2. The van der Waals surface area contributed by atoms with E-state index in [4.69, 9.17) is 0 Å². The highest BCUT2D eigenvalue weighted by Crippen LogP contribution is 2.39. The van der Waals surface area contributed by atoms with Gasteiger partial charge in [-0.05, 0) is 63.4 Å². The Balaban J connectivity index is 1.47. The third-order valence-electron chi connectivity index (χ3n) is 5.83. The van der Waals surface area contributed by atoms with Crippen LogP contribution < -0.4 is 5.32 Å². The number of aromatic nitrogens is 1. The summed E-state index contributed by atoms with van der Waals surface area (Å²) in [5, 5.41) is 4.24. The molecule has 24 heavy (non-hydrogen) atoms. The number of nitrogens with one attached hydrogen (secondary N) is 2. The summed E-state index contributed by atoms with van der Waals surface area (Å²) in [7, 11) is 2.19. The highest BCUT2D eigenvalue weighted by Gasteiger charge is 2.39. The highest BCUT2D eigenvalue weighted by molar-refractivity contribution is 5.99. The third kappa shape index (κ3) is 2.88. The molecule has 128 valence electrons. The number of urea groups is 1. The van der Waals surface area contributed by atoms with E-state index in [1.54, 1.807) is 0 Å². The lowest BCUT2D eigenvalue weighted by molar-refractivity contribution is 0.0486. The number of carbonyl (C=O) groups excluding carboxylic acids is 1. The first-order valence-corrected chi connectivity index (χ1v) is 8.96. The summed E-state index contributed by atoms with van der Waals surface area (Å²) in [6.45, 7) is 4.06. The lowest BCUT2D eigenvalue weighted by Crippen LogP contribution is -2.51. The van der Waals surface area contributed by atoms with Crippen molar-refractivity contribution in [2.24, 2.45) is 5.41 Å². The second-order valence-electron chi connectivity index (χ2n) is 7.51. The summed E-state index contributed by atoms with van der Waals surface area (Å²) in [6.07, 6.45) is 6.70. The van der Waals surface area contributed by atoms with Crippen LogP contribution >= 0.6 is 0 Å². The number of amides is 2. The van der Waals surface area contributed by atoms with Gasteiger partial charge in [-0.15, -0.1) is 0 Å². The van der Waals surface area contributed by atoms with Crippen molar-refractivity contribution in [3.05, 3.63) is 30.5 Å². The quantitative estimate of drug-likeness (QED) is 0.842. The molecule has 0 atom stereocenters. The Morgan fingerprint density at radius 2 is 2.00 bits per heavy atom.